The second-order valence-electron chi connectivity index (χ2n) is 4.98. The third-order valence-corrected chi connectivity index (χ3v) is 5.45. The van der Waals surface area contributed by atoms with Gasteiger partial charge >= 0.3 is 0 Å². The topological polar surface area (TPSA) is 74.8 Å². The van der Waals surface area contributed by atoms with Crippen LogP contribution < -0.4 is 0 Å². The molecule has 9 heteroatoms. The summed E-state index contributed by atoms with van der Waals surface area (Å²) >= 11 is 7.57. The predicted octanol–water partition coefficient (Wildman–Crippen LogP) is 3.07. The van der Waals surface area contributed by atoms with Gasteiger partial charge < -0.3 is 0 Å². The molecule has 2 saturated heterocycles. The van der Waals surface area contributed by atoms with Gasteiger partial charge in [-0.2, -0.15) is 0 Å². The molecule has 1 aromatic rings. The van der Waals surface area contributed by atoms with Gasteiger partial charge in [0.25, 0.3) is 16.4 Å². The van der Waals surface area contributed by atoms with E-state index < -0.39 is 11.1 Å². The van der Waals surface area contributed by atoms with Crippen LogP contribution in [0.25, 0.3) is 6.08 Å². The van der Waals surface area contributed by atoms with E-state index >= 15 is 0 Å². The number of hydrogen-bond acceptors (Lipinski definition) is 6. The Kier molecular flexibility index (Phi) is 4.98. The van der Waals surface area contributed by atoms with E-state index in [0.717, 1.165) is 38.9 Å². The number of carbonyl (C=O) groups excluding carboxylic acids is 4. The maximum atomic E-state index is 12.4. The van der Waals surface area contributed by atoms with Gasteiger partial charge in [-0.15, -0.1) is 0 Å². The summed E-state index contributed by atoms with van der Waals surface area (Å²) in [6.45, 7) is 0.0254. The van der Waals surface area contributed by atoms with Gasteiger partial charge in [0.1, 0.15) is 0 Å². The van der Waals surface area contributed by atoms with Gasteiger partial charge in [-0.1, -0.05) is 35.5 Å². The summed E-state index contributed by atoms with van der Waals surface area (Å²) in [5.74, 6) is -0.614. The number of nitrogens with zero attached hydrogens (tertiary/aromatic N) is 2. The highest BCUT2D eigenvalue weighted by atomic mass is 35.5. The van der Waals surface area contributed by atoms with Gasteiger partial charge in [-0.25, -0.2) is 0 Å². The molecule has 4 amide bonds. The van der Waals surface area contributed by atoms with Crippen molar-refractivity contribution in [3.63, 3.8) is 0 Å². The number of benzene rings is 1. The molecule has 124 valence electrons. The van der Waals surface area contributed by atoms with E-state index in [4.69, 9.17) is 11.6 Å². The molecule has 0 radical (unpaired) electrons. The second-order valence-corrected chi connectivity index (χ2v) is 7.34. The minimum atomic E-state index is -0.424. The van der Waals surface area contributed by atoms with Crippen LogP contribution in [0, 0.1) is 0 Å². The molecule has 0 N–H and O–H groups in total. The Morgan fingerprint density at radius 2 is 1.67 bits per heavy atom. The zero-order valence-electron chi connectivity index (χ0n) is 12.2. The highest BCUT2D eigenvalue weighted by Gasteiger charge is 2.37. The van der Waals surface area contributed by atoms with Crippen molar-refractivity contribution in [1.29, 1.82) is 0 Å². The minimum Gasteiger partial charge on any atom is -0.273 e. The molecule has 0 spiro atoms. The number of rotatable bonds is 4. The quantitative estimate of drug-likeness (QED) is 0.745. The third-order valence-electron chi connectivity index (χ3n) is 3.43. The van der Waals surface area contributed by atoms with Crippen molar-refractivity contribution in [2.24, 2.45) is 0 Å². The number of imide groups is 2. The Bertz CT molecular complexity index is 747. The molecule has 24 heavy (non-hydrogen) atoms. The average Bonchev–Trinajstić information content (AvgIpc) is 3.00. The van der Waals surface area contributed by atoms with Gasteiger partial charge in [0, 0.05) is 18.1 Å². The monoisotopic (exact) mass is 382 g/mol. The summed E-state index contributed by atoms with van der Waals surface area (Å²) in [5.41, 5.74) is 0.756. The van der Waals surface area contributed by atoms with Crippen molar-refractivity contribution in [2.75, 3.05) is 18.8 Å². The van der Waals surface area contributed by atoms with Gasteiger partial charge in [-0.05, 0) is 35.5 Å². The minimum absolute atomic E-state index is 0.000659. The molecule has 0 atom stereocenters. The first-order chi connectivity index (χ1) is 11.5. The summed E-state index contributed by atoms with van der Waals surface area (Å²) < 4.78 is 0. The first kappa shape index (κ1) is 17.1. The fourth-order valence-corrected chi connectivity index (χ4v) is 3.94. The SMILES string of the molecule is O=C1CSC(=O)N1CCN1C(=O)SC(=Cc2ccc(Cl)cc2)C1=O. The van der Waals surface area contributed by atoms with Gasteiger partial charge in [-0.3, -0.25) is 29.0 Å². The molecule has 0 saturated carbocycles. The molecule has 2 fully saturated rings. The second kappa shape index (κ2) is 7.00. The number of hydrogen-bond donors (Lipinski definition) is 0. The lowest BCUT2D eigenvalue weighted by Crippen LogP contribution is -2.39. The summed E-state index contributed by atoms with van der Waals surface area (Å²) in [7, 11) is 0. The number of thioether (sulfide) groups is 2. The summed E-state index contributed by atoms with van der Waals surface area (Å²) in [6.07, 6.45) is 1.61. The summed E-state index contributed by atoms with van der Waals surface area (Å²) in [5, 5.41) is -0.172. The first-order valence-corrected chi connectivity index (χ1v) is 9.12. The van der Waals surface area contributed by atoms with Crippen LogP contribution in [0.2, 0.25) is 5.02 Å². The Hall–Kier alpha value is -1.77. The third kappa shape index (κ3) is 3.50. The van der Waals surface area contributed by atoms with E-state index in [1.54, 1.807) is 30.3 Å². The van der Waals surface area contributed by atoms with E-state index in [0.29, 0.717) is 9.93 Å². The lowest BCUT2D eigenvalue weighted by atomic mass is 10.2. The molecule has 2 heterocycles. The molecule has 6 nitrogen and oxygen atoms in total. The summed E-state index contributed by atoms with van der Waals surface area (Å²) in [4.78, 5) is 49.9. The summed E-state index contributed by atoms with van der Waals surface area (Å²) in [6, 6.07) is 6.88. The average molecular weight is 383 g/mol. The van der Waals surface area contributed by atoms with Gasteiger partial charge in [0.05, 0.1) is 10.7 Å². The van der Waals surface area contributed by atoms with Crippen molar-refractivity contribution in [2.45, 2.75) is 0 Å². The van der Waals surface area contributed by atoms with Crippen molar-refractivity contribution in [1.82, 2.24) is 9.80 Å². The van der Waals surface area contributed by atoms with Crippen molar-refractivity contribution < 1.29 is 19.2 Å². The lowest BCUT2D eigenvalue weighted by molar-refractivity contribution is -0.126. The van der Waals surface area contributed by atoms with Crippen LogP contribution in [0.5, 0.6) is 0 Å². The van der Waals surface area contributed by atoms with Crippen molar-refractivity contribution in [3.05, 3.63) is 39.8 Å². The lowest BCUT2D eigenvalue weighted by Gasteiger charge is -2.17. The van der Waals surface area contributed by atoms with E-state index in [2.05, 4.69) is 0 Å². The maximum Gasteiger partial charge on any atom is 0.293 e. The van der Waals surface area contributed by atoms with E-state index in [1.807, 2.05) is 0 Å². The highest BCUT2D eigenvalue weighted by Crippen LogP contribution is 2.32. The maximum absolute atomic E-state index is 12.4. The number of halogens is 1. The van der Waals surface area contributed by atoms with Crippen molar-refractivity contribution in [3.8, 4) is 0 Å². The number of amides is 4. The Labute approximate surface area is 151 Å². The first-order valence-electron chi connectivity index (χ1n) is 6.94. The smallest absolute Gasteiger partial charge is 0.273 e. The van der Waals surface area contributed by atoms with Crippen LogP contribution in [0.4, 0.5) is 9.59 Å². The Morgan fingerprint density at radius 3 is 2.29 bits per heavy atom. The van der Waals surface area contributed by atoms with Gasteiger partial charge in [0.15, 0.2) is 0 Å². The van der Waals surface area contributed by atoms with Gasteiger partial charge in [0.2, 0.25) is 5.91 Å². The molecular formula is C15H11ClN2O4S2. The molecule has 2 aliphatic heterocycles. The number of carbonyl (C=O) groups is 4. The molecular weight excluding hydrogens is 372 g/mol. The molecule has 2 aliphatic rings. The van der Waals surface area contributed by atoms with E-state index in [-0.39, 0.29) is 30.0 Å². The zero-order valence-corrected chi connectivity index (χ0v) is 14.6. The van der Waals surface area contributed by atoms with Crippen molar-refractivity contribution >= 4 is 63.5 Å². The molecule has 0 aliphatic carbocycles. The molecule has 1 aromatic carbocycles. The van der Waals surface area contributed by atoms with Crippen LogP contribution in [-0.2, 0) is 9.59 Å². The Morgan fingerprint density at radius 1 is 1.00 bits per heavy atom. The Balaban J connectivity index is 1.69. The normalized spacial score (nSPS) is 20.0. The molecule has 0 aromatic heterocycles. The molecule has 3 rings (SSSR count). The van der Waals surface area contributed by atoms with Crippen LogP contribution in [0.3, 0.4) is 0 Å². The molecule has 0 bridgehead atoms. The van der Waals surface area contributed by atoms with E-state index in [9.17, 15) is 19.2 Å². The highest BCUT2D eigenvalue weighted by molar-refractivity contribution is 8.18. The van der Waals surface area contributed by atoms with Crippen LogP contribution in [-0.4, -0.2) is 50.9 Å². The predicted molar refractivity (Wildman–Crippen MR) is 93.7 cm³/mol. The fourth-order valence-electron chi connectivity index (χ4n) is 2.20. The van der Waals surface area contributed by atoms with E-state index in [1.165, 1.54) is 0 Å². The van der Waals surface area contributed by atoms with Crippen LogP contribution in [0.15, 0.2) is 29.2 Å². The van der Waals surface area contributed by atoms with Crippen LogP contribution in [0.1, 0.15) is 5.56 Å². The zero-order chi connectivity index (χ0) is 17.3. The largest absolute Gasteiger partial charge is 0.293 e. The van der Waals surface area contributed by atoms with Crippen LogP contribution >= 0.6 is 35.1 Å². The fraction of sp³-hybridized carbons (Fsp3) is 0.200. The molecule has 0 unspecified atom stereocenters. The standard InChI is InChI=1S/C15H11ClN2O4S2/c16-10-3-1-9(2-4-10)7-11-13(20)18(15(22)24-11)6-5-17-12(19)8-23-14(17)21/h1-4,7H,5-6,8H2.